The molecule has 0 aliphatic carbocycles. The molecule has 0 aromatic carbocycles. The predicted molar refractivity (Wildman–Crippen MR) is 65.4 cm³/mol. The van der Waals surface area contributed by atoms with Crippen molar-refractivity contribution in [1.29, 1.82) is 0 Å². The third-order valence-electron chi connectivity index (χ3n) is 2.39. The Morgan fingerprint density at radius 2 is 2.15 bits per heavy atom. The summed E-state index contributed by atoms with van der Waals surface area (Å²) in [5.74, 6) is -0.975. The lowest BCUT2D eigenvalue weighted by molar-refractivity contribution is -0.158. The lowest BCUT2D eigenvalue weighted by Crippen LogP contribution is -2.43. The topological polar surface area (TPSA) is 71.5 Å². The van der Waals surface area contributed by atoms with Crippen molar-refractivity contribution in [3.63, 3.8) is 0 Å². The van der Waals surface area contributed by atoms with E-state index < -0.39 is 23.3 Å². The first-order valence-corrected chi connectivity index (χ1v) is 5.73. The van der Waals surface area contributed by atoms with Gasteiger partial charge in [-0.05, 0) is 13.0 Å². The minimum atomic E-state index is -4.55. The van der Waals surface area contributed by atoms with Gasteiger partial charge in [-0.2, -0.15) is 13.2 Å². The van der Waals surface area contributed by atoms with Gasteiger partial charge in [-0.1, -0.05) is 11.6 Å². The van der Waals surface area contributed by atoms with E-state index in [1.807, 2.05) is 0 Å². The van der Waals surface area contributed by atoms with Gasteiger partial charge in [-0.15, -0.1) is 0 Å². The van der Waals surface area contributed by atoms with E-state index in [0.717, 1.165) is 7.11 Å². The van der Waals surface area contributed by atoms with Crippen LogP contribution in [0.4, 0.5) is 19.0 Å². The van der Waals surface area contributed by atoms with Gasteiger partial charge in [0, 0.05) is 6.20 Å². The summed E-state index contributed by atoms with van der Waals surface area (Å²) < 4.78 is 41.6. The molecule has 9 heteroatoms. The van der Waals surface area contributed by atoms with Gasteiger partial charge >= 0.3 is 12.1 Å². The Labute approximate surface area is 117 Å². The van der Waals surface area contributed by atoms with Gasteiger partial charge in [0.25, 0.3) is 0 Å². The molecule has 0 aliphatic heterocycles. The average Bonchev–Trinajstić information content (AvgIpc) is 2.35. The number of esters is 1. The van der Waals surface area contributed by atoms with Crippen molar-refractivity contribution in [2.45, 2.75) is 18.7 Å². The number of hydrogen-bond donors (Lipinski definition) is 2. The minimum Gasteiger partial charge on any atom is -0.467 e. The van der Waals surface area contributed by atoms with Crippen molar-refractivity contribution in [3.8, 4) is 0 Å². The SMILES string of the molecule is COC(=O)[C@@](C)(O)CNc1ncc(C(F)(F)F)cc1Cl. The molecular formula is C11H12ClF3N2O3. The van der Waals surface area contributed by atoms with E-state index in [2.05, 4.69) is 15.0 Å². The van der Waals surface area contributed by atoms with Crippen LogP contribution in [-0.2, 0) is 15.7 Å². The van der Waals surface area contributed by atoms with Gasteiger partial charge < -0.3 is 15.2 Å². The highest BCUT2D eigenvalue weighted by molar-refractivity contribution is 6.33. The average molecular weight is 313 g/mol. The smallest absolute Gasteiger partial charge is 0.417 e. The highest BCUT2D eigenvalue weighted by Gasteiger charge is 2.33. The van der Waals surface area contributed by atoms with E-state index in [4.69, 9.17) is 11.6 Å². The summed E-state index contributed by atoms with van der Waals surface area (Å²) in [5, 5.41) is 11.9. The molecule has 20 heavy (non-hydrogen) atoms. The van der Waals surface area contributed by atoms with Crippen LogP contribution in [0, 0.1) is 0 Å². The Morgan fingerprint density at radius 3 is 2.60 bits per heavy atom. The number of anilines is 1. The van der Waals surface area contributed by atoms with Gasteiger partial charge in [0.1, 0.15) is 5.82 Å². The number of aromatic nitrogens is 1. The molecule has 0 saturated heterocycles. The second-order valence-corrected chi connectivity index (χ2v) is 4.58. The molecule has 1 atom stereocenters. The zero-order valence-electron chi connectivity index (χ0n) is 10.6. The molecule has 1 heterocycles. The number of halogens is 4. The molecule has 0 saturated carbocycles. The van der Waals surface area contributed by atoms with E-state index in [1.165, 1.54) is 6.92 Å². The normalized spacial score (nSPS) is 14.6. The largest absolute Gasteiger partial charge is 0.467 e. The highest BCUT2D eigenvalue weighted by atomic mass is 35.5. The zero-order valence-corrected chi connectivity index (χ0v) is 11.3. The number of alkyl halides is 3. The summed E-state index contributed by atoms with van der Waals surface area (Å²) in [6.45, 7) is 0.863. The minimum absolute atomic E-state index is 0.0798. The summed E-state index contributed by atoms with van der Waals surface area (Å²) in [6.07, 6.45) is -3.95. The Morgan fingerprint density at radius 1 is 1.55 bits per heavy atom. The molecule has 0 amide bonds. The molecule has 0 spiro atoms. The van der Waals surface area contributed by atoms with Crippen LogP contribution in [-0.4, -0.2) is 35.3 Å². The second kappa shape index (κ2) is 5.84. The number of ether oxygens (including phenoxy) is 1. The fourth-order valence-electron chi connectivity index (χ4n) is 1.27. The Kier molecular flexibility index (Phi) is 4.82. The second-order valence-electron chi connectivity index (χ2n) is 4.17. The monoisotopic (exact) mass is 312 g/mol. The van der Waals surface area contributed by atoms with E-state index in [-0.39, 0.29) is 17.4 Å². The van der Waals surface area contributed by atoms with Crippen LogP contribution in [0.25, 0.3) is 0 Å². The number of nitrogens with zero attached hydrogens (tertiary/aromatic N) is 1. The van der Waals surface area contributed by atoms with Crippen LogP contribution >= 0.6 is 11.6 Å². The molecule has 2 N–H and O–H groups in total. The highest BCUT2D eigenvalue weighted by Crippen LogP contribution is 2.32. The first kappa shape index (κ1) is 16.5. The fourth-order valence-corrected chi connectivity index (χ4v) is 1.50. The third kappa shape index (κ3) is 3.97. The van der Waals surface area contributed by atoms with Crippen molar-refractivity contribution in [1.82, 2.24) is 4.98 Å². The lowest BCUT2D eigenvalue weighted by atomic mass is 10.1. The number of carbonyl (C=O) groups excluding carboxylic acids is 1. The molecule has 5 nitrogen and oxygen atoms in total. The van der Waals surface area contributed by atoms with Crippen molar-refractivity contribution >= 4 is 23.4 Å². The summed E-state index contributed by atoms with van der Waals surface area (Å²) >= 11 is 5.65. The maximum absolute atomic E-state index is 12.4. The van der Waals surface area contributed by atoms with Gasteiger partial charge in [-0.3, -0.25) is 0 Å². The molecule has 1 aromatic rings. The van der Waals surface area contributed by atoms with Gasteiger partial charge in [0.05, 0.1) is 24.2 Å². The van der Waals surface area contributed by atoms with Crippen LogP contribution in [0.2, 0.25) is 5.02 Å². The van der Waals surface area contributed by atoms with Crippen molar-refractivity contribution in [2.24, 2.45) is 0 Å². The molecule has 112 valence electrons. The number of pyridine rings is 1. The van der Waals surface area contributed by atoms with Gasteiger partial charge in [0.15, 0.2) is 5.60 Å². The Bertz CT molecular complexity index is 506. The van der Waals surface area contributed by atoms with E-state index >= 15 is 0 Å². The van der Waals surface area contributed by atoms with Crippen LogP contribution in [0.1, 0.15) is 12.5 Å². The predicted octanol–water partition coefficient (Wildman–Crippen LogP) is 2.09. The van der Waals surface area contributed by atoms with Crippen molar-refractivity contribution < 1.29 is 27.8 Å². The number of rotatable bonds is 4. The standard InChI is InChI=1S/C11H12ClF3N2O3/c1-10(19,9(18)20-2)5-17-8-7(12)3-6(4-16-8)11(13,14)15/h3-4,19H,5H2,1-2H3,(H,16,17)/t10-/m0/s1. The van der Waals surface area contributed by atoms with Crippen molar-refractivity contribution in [2.75, 3.05) is 19.0 Å². The van der Waals surface area contributed by atoms with Crippen LogP contribution in [0.15, 0.2) is 12.3 Å². The maximum Gasteiger partial charge on any atom is 0.417 e. The number of carbonyl (C=O) groups is 1. The molecule has 1 rings (SSSR count). The van der Waals surface area contributed by atoms with Crippen LogP contribution < -0.4 is 5.32 Å². The molecular weight excluding hydrogens is 301 g/mol. The van der Waals surface area contributed by atoms with Crippen LogP contribution in [0.5, 0.6) is 0 Å². The number of aliphatic hydroxyl groups is 1. The van der Waals surface area contributed by atoms with E-state index in [9.17, 15) is 23.1 Å². The van der Waals surface area contributed by atoms with Gasteiger partial charge in [-0.25, -0.2) is 9.78 Å². The van der Waals surface area contributed by atoms with E-state index in [0.29, 0.717) is 12.3 Å². The molecule has 1 aromatic heterocycles. The molecule has 0 aliphatic rings. The van der Waals surface area contributed by atoms with Gasteiger partial charge in [0.2, 0.25) is 0 Å². The van der Waals surface area contributed by atoms with Crippen molar-refractivity contribution in [3.05, 3.63) is 22.8 Å². The molecule has 0 bridgehead atoms. The quantitative estimate of drug-likeness (QED) is 0.833. The zero-order chi connectivity index (χ0) is 15.6. The Balaban J connectivity index is 2.83. The summed E-state index contributed by atoms with van der Waals surface area (Å²) in [6, 6.07) is 0.698. The Hall–Kier alpha value is -1.54. The number of nitrogens with one attached hydrogen (secondary N) is 1. The molecule has 0 radical (unpaired) electrons. The summed E-state index contributed by atoms with van der Waals surface area (Å²) in [7, 11) is 1.10. The summed E-state index contributed by atoms with van der Waals surface area (Å²) in [5.41, 5.74) is -2.85. The number of methoxy groups -OCH3 is 1. The molecule has 0 unspecified atom stereocenters. The molecule has 0 fully saturated rings. The third-order valence-corrected chi connectivity index (χ3v) is 2.68. The first-order valence-electron chi connectivity index (χ1n) is 5.35. The van der Waals surface area contributed by atoms with Crippen LogP contribution in [0.3, 0.4) is 0 Å². The maximum atomic E-state index is 12.4. The summed E-state index contributed by atoms with van der Waals surface area (Å²) in [4.78, 5) is 14.7. The first-order chi connectivity index (χ1) is 9.08. The number of hydrogen-bond acceptors (Lipinski definition) is 5. The van der Waals surface area contributed by atoms with E-state index in [1.54, 1.807) is 0 Å². The lowest BCUT2D eigenvalue weighted by Gasteiger charge is -2.21. The fraction of sp³-hybridized carbons (Fsp3) is 0.455.